The van der Waals surface area contributed by atoms with Gasteiger partial charge in [-0.05, 0) is 20.0 Å². The van der Waals surface area contributed by atoms with Crippen molar-refractivity contribution >= 4 is 9.52 Å². The summed E-state index contributed by atoms with van der Waals surface area (Å²) < 4.78 is 10.3. The summed E-state index contributed by atoms with van der Waals surface area (Å²) in [5, 5.41) is 6.48. The van der Waals surface area contributed by atoms with Crippen LogP contribution in [0.1, 0.15) is 6.42 Å². The van der Waals surface area contributed by atoms with Crippen molar-refractivity contribution in [3.05, 3.63) is 0 Å². The molecule has 4 nitrogen and oxygen atoms in total. The molecule has 0 bridgehead atoms. The van der Waals surface area contributed by atoms with E-state index in [0.29, 0.717) is 0 Å². The maximum absolute atomic E-state index is 5.15. The highest BCUT2D eigenvalue weighted by molar-refractivity contribution is 6.36. The van der Waals surface area contributed by atoms with Crippen molar-refractivity contribution in [2.45, 2.75) is 18.4 Å². The fourth-order valence-corrected chi connectivity index (χ4v) is 2.57. The second-order valence-corrected chi connectivity index (χ2v) is 5.20. The molecule has 5 heteroatoms. The Morgan fingerprint density at radius 3 is 2.43 bits per heavy atom. The van der Waals surface area contributed by atoms with Crippen molar-refractivity contribution in [3.63, 3.8) is 0 Å². The zero-order valence-corrected chi connectivity index (χ0v) is 11.1. The third-order valence-electron chi connectivity index (χ3n) is 2.12. The number of nitrogens with one attached hydrogen (secondary N) is 2. The molecule has 0 aliphatic rings. The minimum Gasteiger partial charge on any atom is -0.360 e. The molecule has 0 saturated heterocycles. The summed E-state index contributed by atoms with van der Waals surface area (Å²) in [7, 11) is 5.18. The van der Waals surface area contributed by atoms with Crippen LogP contribution in [0.15, 0.2) is 0 Å². The molecule has 0 saturated carbocycles. The minimum atomic E-state index is -0.214. The van der Waals surface area contributed by atoms with Crippen LogP contribution >= 0.6 is 0 Å². The molecule has 0 rings (SSSR count). The first-order chi connectivity index (χ1) is 6.85. The van der Waals surface area contributed by atoms with E-state index >= 15 is 0 Å². The molecular weight excluding hydrogens is 196 g/mol. The normalized spacial score (nSPS) is 12.0. The maximum Gasteiger partial charge on any atom is 0.134 e. The highest BCUT2D eigenvalue weighted by Crippen LogP contribution is 1.94. The number of hydrogen-bond acceptors (Lipinski definition) is 4. The van der Waals surface area contributed by atoms with E-state index < -0.39 is 0 Å². The zero-order valence-electron chi connectivity index (χ0n) is 9.64. The van der Waals surface area contributed by atoms with E-state index in [-0.39, 0.29) is 15.4 Å². The fourth-order valence-electron chi connectivity index (χ4n) is 1.23. The maximum atomic E-state index is 5.15. The molecule has 0 aliphatic carbocycles. The van der Waals surface area contributed by atoms with E-state index in [1.54, 1.807) is 14.2 Å². The third kappa shape index (κ3) is 8.65. The van der Waals surface area contributed by atoms with Crippen LogP contribution in [0.2, 0.25) is 6.04 Å². The summed E-state index contributed by atoms with van der Waals surface area (Å²) in [4.78, 5) is 0. The molecule has 0 fully saturated rings. The van der Waals surface area contributed by atoms with Gasteiger partial charge in [0.15, 0.2) is 0 Å². The molecule has 0 aliphatic heterocycles. The van der Waals surface area contributed by atoms with Crippen LogP contribution in [0.25, 0.3) is 0 Å². The van der Waals surface area contributed by atoms with E-state index in [9.17, 15) is 0 Å². The zero-order chi connectivity index (χ0) is 10.6. The van der Waals surface area contributed by atoms with Crippen molar-refractivity contribution < 1.29 is 9.47 Å². The number of ether oxygens (including phenoxy) is 2. The van der Waals surface area contributed by atoms with Crippen LogP contribution < -0.4 is 10.6 Å². The summed E-state index contributed by atoms with van der Waals surface area (Å²) in [5.74, 6) is 0.104. The molecule has 0 heterocycles. The largest absolute Gasteiger partial charge is 0.360 e. The average molecular weight is 220 g/mol. The quantitative estimate of drug-likeness (QED) is 0.292. The number of methoxy groups -OCH3 is 2. The first-order valence-corrected chi connectivity index (χ1v) is 7.07. The molecule has 0 aromatic carbocycles. The predicted octanol–water partition coefficient (Wildman–Crippen LogP) is -0.651. The van der Waals surface area contributed by atoms with Crippen molar-refractivity contribution in [3.8, 4) is 0 Å². The Morgan fingerprint density at radius 2 is 1.86 bits per heavy atom. The monoisotopic (exact) mass is 220 g/mol. The van der Waals surface area contributed by atoms with E-state index in [1.165, 1.54) is 12.5 Å². The Balaban J connectivity index is 3.04. The first kappa shape index (κ1) is 14.1. The molecule has 14 heavy (non-hydrogen) atoms. The van der Waals surface area contributed by atoms with Crippen LogP contribution in [0.3, 0.4) is 0 Å². The van der Waals surface area contributed by atoms with Gasteiger partial charge in [0.2, 0.25) is 0 Å². The van der Waals surface area contributed by atoms with Gasteiger partial charge < -0.3 is 20.1 Å². The Kier molecular flexibility index (Phi) is 11.2. The number of rotatable bonds is 10. The van der Waals surface area contributed by atoms with Crippen LogP contribution in [0.5, 0.6) is 0 Å². The van der Waals surface area contributed by atoms with Crippen LogP contribution in [0, 0.1) is 0 Å². The lowest BCUT2D eigenvalue weighted by atomic mass is 10.4. The summed E-state index contributed by atoms with van der Waals surface area (Å²) >= 11 is 0. The molecule has 0 radical (unpaired) electrons. The van der Waals surface area contributed by atoms with E-state index in [2.05, 4.69) is 10.6 Å². The van der Waals surface area contributed by atoms with E-state index in [0.717, 1.165) is 19.6 Å². The topological polar surface area (TPSA) is 42.5 Å². The van der Waals surface area contributed by atoms with Gasteiger partial charge in [0.1, 0.15) is 5.91 Å². The highest BCUT2D eigenvalue weighted by Gasteiger charge is 2.03. The lowest BCUT2D eigenvalue weighted by Crippen LogP contribution is -2.26. The summed E-state index contributed by atoms with van der Waals surface area (Å²) in [6, 6.07) is 1.28. The van der Waals surface area contributed by atoms with Crippen molar-refractivity contribution in [2.24, 2.45) is 0 Å². The van der Waals surface area contributed by atoms with Gasteiger partial charge in [-0.1, -0.05) is 6.04 Å². The smallest absolute Gasteiger partial charge is 0.134 e. The van der Waals surface area contributed by atoms with Gasteiger partial charge in [0, 0.05) is 27.3 Å². The van der Waals surface area contributed by atoms with Crippen LogP contribution in [0.4, 0.5) is 0 Å². The van der Waals surface area contributed by atoms with Gasteiger partial charge in [0.25, 0.3) is 0 Å². The van der Waals surface area contributed by atoms with Gasteiger partial charge in [-0.15, -0.1) is 0 Å². The standard InChI is InChI=1S/C9H24N2O2Si/c1-10-6-7-11-5-4-8-14-9(12-2)13-3/h9-11H,4-8,14H2,1-3H3. The lowest BCUT2D eigenvalue weighted by molar-refractivity contribution is -0.0441. The molecule has 0 spiro atoms. The molecular formula is C9H24N2O2Si. The Labute approximate surface area is 89.6 Å². The van der Waals surface area contributed by atoms with Gasteiger partial charge >= 0.3 is 0 Å². The third-order valence-corrected chi connectivity index (χ3v) is 4.17. The summed E-state index contributed by atoms with van der Waals surface area (Å²) in [5.41, 5.74) is 0. The molecule has 2 N–H and O–H groups in total. The predicted molar refractivity (Wildman–Crippen MR) is 62.6 cm³/mol. The van der Waals surface area contributed by atoms with Crippen molar-refractivity contribution in [1.29, 1.82) is 0 Å². The highest BCUT2D eigenvalue weighted by atomic mass is 28.2. The molecule has 0 aromatic rings. The summed E-state index contributed by atoms with van der Waals surface area (Å²) in [6.45, 7) is 3.20. The number of hydrogen-bond donors (Lipinski definition) is 2. The van der Waals surface area contributed by atoms with Crippen LogP contribution in [-0.2, 0) is 9.47 Å². The fraction of sp³-hybridized carbons (Fsp3) is 1.00. The van der Waals surface area contributed by atoms with Gasteiger partial charge in [-0.3, -0.25) is 0 Å². The second-order valence-electron chi connectivity index (χ2n) is 3.25. The molecule has 0 unspecified atom stereocenters. The molecule has 0 aromatic heterocycles. The van der Waals surface area contributed by atoms with Crippen molar-refractivity contribution in [2.75, 3.05) is 40.9 Å². The number of likely N-dealkylation sites (N-methyl/N-ethyl adjacent to an activating group) is 1. The molecule has 0 atom stereocenters. The average Bonchev–Trinajstić information content (AvgIpc) is 2.22. The Morgan fingerprint density at radius 1 is 1.14 bits per heavy atom. The van der Waals surface area contributed by atoms with Gasteiger partial charge in [-0.25, -0.2) is 0 Å². The van der Waals surface area contributed by atoms with Gasteiger partial charge in [0.05, 0.1) is 9.52 Å². The van der Waals surface area contributed by atoms with Gasteiger partial charge in [-0.2, -0.15) is 0 Å². The Hall–Kier alpha value is 0.0569. The van der Waals surface area contributed by atoms with E-state index in [4.69, 9.17) is 9.47 Å². The Bertz CT molecular complexity index is 113. The second kappa shape index (κ2) is 11.1. The summed E-state index contributed by atoms with van der Waals surface area (Å²) in [6.07, 6.45) is 1.24. The SMILES string of the molecule is CNCCNCCC[SiH2]C(OC)OC. The molecule has 0 amide bonds. The minimum absolute atomic E-state index is 0.104. The van der Waals surface area contributed by atoms with Crippen molar-refractivity contribution in [1.82, 2.24) is 10.6 Å². The van der Waals surface area contributed by atoms with Crippen LogP contribution in [-0.4, -0.2) is 56.3 Å². The first-order valence-electron chi connectivity index (χ1n) is 5.26. The molecule has 86 valence electrons. The lowest BCUT2D eigenvalue weighted by Gasteiger charge is -2.12. The van der Waals surface area contributed by atoms with E-state index in [1.807, 2.05) is 7.05 Å².